The molecule has 1 atom stereocenters. The summed E-state index contributed by atoms with van der Waals surface area (Å²) in [6.07, 6.45) is 3.89. The third kappa shape index (κ3) is 2.27. The van der Waals surface area contributed by atoms with E-state index in [0.717, 1.165) is 0 Å². The van der Waals surface area contributed by atoms with E-state index in [1.807, 2.05) is 30.8 Å². The van der Waals surface area contributed by atoms with E-state index < -0.39 is 0 Å². The van der Waals surface area contributed by atoms with Gasteiger partial charge in [-0.15, -0.1) is 11.3 Å². The van der Waals surface area contributed by atoms with Crippen molar-refractivity contribution >= 4 is 22.1 Å². The predicted octanol–water partition coefficient (Wildman–Crippen LogP) is 3.91. The Labute approximate surface area is 117 Å². The Balaban J connectivity index is 2.16. The van der Waals surface area contributed by atoms with Crippen LogP contribution in [0.3, 0.4) is 0 Å². The average molecular weight is 268 g/mol. The summed E-state index contributed by atoms with van der Waals surface area (Å²) in [4.78, 5) is 7.05. The molecule has 0 amide bonds. The van der Waals surface area contributed by atoms with Crippen molar-refractivity contribution in [2.45, 2.75) is 13.0 Å². The number of rotatable bonds is 3. The van der Waals surface area contributed by atoms with E-state index in [1.165, 1.54) is 26.1 Å². The molecule has 0 spiro atoms. The van der Waals surface area contributed by atoms with Crippen LogP contribution in [0, 0.1) is 6.92 Å². The Hall–Kier alpha value is -1.71. The number of aromatic nitrogens is 1. The Morgan fingerprint density at radius 3 is 2.68 bits per heavy atom. The van der Waals surface area contributed by atoms with Crippen molar-refractivity contribution in [2.24, 2.45) is 0 Å². The van der Waals surface area contributed by atoms with Gasteiger partial charge in [-0.1, -0.05) is 24.3 Å². The Bertz CT molecular complexity index is 697. The molecule has 96 valence electrons. The highest BCUT2D eigenvalue weighted by Gasteiger charge is 2.16. The molecule has 0 bridgehead atoms. The van der Waals surface area contributed by atoms with Gasteiger partial charge in [0, 0.05) is 33.1 Å². The molecule has 0 fully saturated rings. The summed E-state index contributed by atoms with van der Waals surface area (Å²) in [7, 11) is 2.00. The van der Waals surface area contributed by atoms with Crippen molar-refractivity contribution in [3.63, 3.8) is 0 Å². The fourth-order valence-electron chi connectivity index (χ4n) is 2.43. The first-order chi connectivity index (χ1) is 9.29. The zero-order valence-electron chi connectivity index (χ0n) is 11.1. The quantitative estimate of drug-likeness (QED) is 0.779. The van der Waals surface area contributed by atoms with E-state index in [9.17, 15) is 0 Å². The van der Waals surface area contributed by atoms with Crippen molar-refractivity contribution in [1.29, 1.82) is 0 Å². The number of hydrogen-bond donors (Lipinski definition) is 1. The van der Waals surface area contributed by atoms with Crippen LogP contribution in [0.15, 0.2) is 48.8 Å². The van der Waals surface area contributed by atoms with Gasteiger partial charge in [0.2, 0.25) is 0 Å². The van der Waals surface area contributed by atoms with E-state index in [0.29, 0.717) is 0 Å². The first-order valence-electron chi connectivity index (χ1n) is 6.36. The number of fused-ring (bicyclic) bond motifs is 1. The second-order valence-electron chi connectivity index (χ2n) is 4.62. The van der Waals surface area contributed by atoms with Crippen LogP contribution < -0.4 is 5.32 Å². The number of thiophene rings is 1. The lowest BCUT2D eigenvalue weighted by atomic mass is 10.0. The second kappa shape index (κ2) is 5.11. The van der Waals surface area contributed by atoms with Crippen molar-refractivity contribution in [2.75, 3.05) is 7.05 Å². The smallest absolute Gasteiger partial charge is 0.0689 e. The van der Waals surface area contributed by atoms with Crippen LogP contribution in [0.5, 0.6) is 0 Å². The zero-order valence-corrected chi connectivity index (χ0v) is 11.9. The van der Waals surface area contributed by atoms with Crippen LogP contribution in [0.1, 0.15) is 21.4 Å². The summed E-state index contributed by atoms with van der Waals surface area (Å²) in [6, 6.07) is 13.0. The SMILES string of the molecule is CNC(c1ccc(C)s1)c1cncc2ccccc12. The second-order valence-corrected chi connectivity index (χ2v) is 5.94. The molecular weight excluding hydrogens is 252 g/mol. The molecule has 1 N–H and O–H groups in total. The molecule has 19 heavy (non-hydrogen) atoms. The third-order valence-electron chi connectivity index (χ3n) is 3.34. The molecule has 0 aliphatic heterocycles. The largest absolute Gasteiger partial charge is 0.309 e. The molecule has 0 radical (unpaired) electrons. The van der Waals surface area contributed by atoms with Gasteiger partial charge >= 0.3 is 0 Å². The van der Waals surface area contributed by atoms with Crippen molar-refractivity contribution < 1.29 is 0 Å². The van der Waals surface area contributed by atoms with Gasteiger partial charge in [0.25, 0.3) is 0 Å². The maximum atomic E-state index is 4.38. The first-order valence-corrected chi connectivity index (χ1v) is 7.17. The van der Waals surface area contributed by atoms with Gasteiger partial charge in [-0.25, -0.2) is 0 Å². The van der Waals surface area contributed by atoms with E-state index in [2.05, 4.69) is 53.6 Å². The summed E-state index contributed by atoms with van der Waals surface area (Å²) < 4.78 is 0. The van der Waals surface area contributed by atoms with E-state index in [-0.39, 0.29) is 6.04 Å². The fourth-order valence-corrected chi connectivity index (χ4v) is 3.44. The van der Waals surface area contributed by atoms with Gasteiger partial charge in [-0.3, -0.25) is 4.98 Å². The number of hydrogen-bond acceptors (Lipinski definition) is 3. The van der Waals surface area contributed by atoms with Crippen molar-refractivity contribution in [3.05, 3.63) is 64.1 Å². The van der Waals surface area contributed by atoms with Crippen LogP contribution >= 0.6 is 11.3 Å². The lowest BCUT2D eigenvalue weighted by molar-refractivity contribution is 0.706. The molecule has 2 aromatic heterocycles. The summed E-state index contributed by atoms with van der Waals surface area (Å²) in [5, 5.41) is 5.87. The maximum absolute atomic E-state index is 4.38. The van der Waals surface area contributed by atoms with Gasteiger partial charge in [-0.2, -0.15) is 0 Å². The Kier molecular flexibility index (Phi) is 3.32. The zero-order chi connectivity index (χ0) is 13.2. The number of nitrogens with one attached hydrogen (secondary N) is 1. The van der Waals surface area contributed by atoms with Crippen molar-refractivity contribution in [1.82, 2.24) is 10.3 Å². The van der Waals surface area contributed by atoms with Crippen LogP contribution in [0.2, 0.25) is 0 Å². The van der Waals surface area contributed by atoms with Crippen LogP contribution in [0.25, 0.3) is 10.8 Å². The highest BCUT2D eigenvalue weighted by atomic mass is 32.1. The van der Waals surface area contributed by atoms with Gasteiger partial charge < -0.3 is 5.32 Å². The van der Waals surface area contributed by atoms with Gasteiger partial charge in [0.1, 0.15) is 0 Å². The highest BCUT2D eigenvalue weighted by molar-refractivity contribution is 7.12. The molecule has 0 aliphatic rings. The Morgan fingerprint density at radius 2 is 1.95 bits per heavy atom. The van der Waals surface area contributed by atoms with Gasteiger partial charge in [0.05, 0.1) is 6.04 Å². The molecular formula is C16H16N2S. The average Bonchev–Trinajstić information content (AvgIpc) is 2.86. The summed E-state index contributed by atoms with van der Waals surface area (Å²) in [6.45, 7) is 2.14. The number of nitrogens with zero attached hydrogens (tertiary/aromatic N) is 1. The predicted molar refractivity (Wildman–Crippen MR) is 81.7 cm³/mol. The maximum Gasteiger partial charge on any atom is 0.0689 e. The Morgan fingerprint density at radius 1 is 1.11 bits per heavy atom. The van der Waals surface area contributed by atoms with E-state index in [4.69, 9.17) is 0 Å². The highest BCUT2D eigenvalue weighted by Crippen LogP contribution is 2.31. The summed E-state index contributed by atoms with van der Waals surface area (Å²) in [5.41, 5.74) is 1.24. The fraction of sp³-hybridized carbons (Fsp3) is 0.188. The normalized spacial score (nSPS) is 12.7. The number of benzene rings is 1. The lowest BCUT2D eigenvalue weighted by Crippen LogP contribution is -2.17. The van der Waals surface area contributed by atoms with Gasteiger partial charge in [0.15, 0.2) is 0 Å². The molecule has 1 unspecified atom stereocenters. The molecule has 2 heterocycles. The topological polar surface area (TPSA) is 24.9 Å². The van der Waals surface area contributed by atoms with Gasteiger partial charge in [-0.05, 0) is 31.5 Å². The van der Waals surface area contributed by atoms with E-state index >= 15 is 0 Å². The molecule has 0 saturated carbocycles. The minimum Gasteiger partial charge on any atom is -0.309 e. The minimum absolute atomic E-state index is 0.206. The molecule has 0 saturated heterocycles. The van der Waals surface area contributed by atoms with Crippen LogP contribution in [0.4, 0.5) is 0 Å². The summed E-state index contributed by atoms with van der Waals surface area (Å²) in [5.74, 6) is 0. The van der Waals surface area contributed by atoms with E-state index in [1.54, 1.807) is 0 Å². The summed E-state index contributed by atoms with van der Waals surface area (Å²) >= 11 is 1.83. The molecule has 3 rings (SSSR count). The lowest BCUT2D eigenvalue weighted by Gasteiger charge is -2.16. The molecule has 0 aliphatic carbocycles. The molecule has 1 aromatic carbocycles. The number of aryl methyl sites for hydroxylation is 1. The van der Waals surface area contributed by atoms with Crippen LogP contribution in [-0.2, 0) is 0 Å². The third-order valence-corrected chi connectivity index (χ3v) is 4.41. The standard InChI is InChI=1S/C16H16N2S/c1-11-7-8-15(19-11)16(17-2)14-10-18-9-12-5-3-4-6-13(12)14/h3-10,16-17H,1-2H3. The van der Waals surface area contributed by atoms with Crippen molar-refractivity contribution in [3.8, 4) is 0 Å². The molecule has 2 nitrogen and oxygen atoms in total. The minimum atomic E-state index is 0.206. The number of pyridine rings is 1. The molecule has 3 heteroatoms. The first kappa shape index (κ1) is 12.3. The molecule has 3 aromatic rings. The monoisotopic (exact) mass is 268 g/mol. The van der Waals surface area contributed by atoms with Crippen LogP contribution in [-0.4, -0.2) is 12.0 Å².